The summed E-state index contributed by atoms with van der Waals surface area (Å²) in [6, 6.07) is 5.45. The maximum absolute atomic E-state index is 12.9. The molecule has 0 aliphatic heterocycles. The van der Waals surface area contributed by atoms with E-state index in [-0.39, 0.29) is 18.3 Å². The average molecular weight is 335 g/mol. The summed E-state index contributed by atoms with van der Waals surface area (Å²) in [5.41, 5.74) is 1.34. The van der Waals surface area contributed by atoms with E-state index in [2.05, 4.69) is 15.6 Å². The van der Waals surface area contributed by atoms with Crippen LogP contribution in [0, 0.1) is 5.82 Å². The van der Waals surface area contributed by atoms with Crippen molar-refractivity contribution in [2.24, 2.45) is 0 Å². The summed E-state index contributed by atoms with van der Waals surface area (Å²) in [6.45, 7) is 0.664. The lowest BCUT2D eigenvalue weighted by atomic mass is 10.2. The highest BCUT2D eigenvalue weighted by molar-refractivity contribution is 5.73. The van der Waals surface area contributed by atoms with E-state index in [0.29, 0.717) is 43.1 Å². The Kier molecular flexibility index (Phi) is 6.30. The molecule has 0 aliphatic rings. The molecule has 1 aromatic carbocycles. The Balaban J connectivity index is 1.70. The van der Waals surface area contributed by atoms with Crippen molar-refractivity contribution < 1.29 is 23.5 Å². The van der Waals surface area contributed by atoms with Crippen LogP contribution in [0.4, 0.5) is 9.18 Å². The fourth-order valence-electron chi connectivity index (χ4n) is 1.95. The molecule has 0 spiro atoms. The van der Waals surface area contributed by atoms with Crippen LogP contribution in [0.5, 0.6) is 0 Å². The van der Waals surface area contributed by atoms with Gasteiger partial charge in [0, 0.05) is 31.5 Å². The lowest BCUT2D eigenvalue weighted by molar-refractivity contribution is -0.137. The number of hydrogen-bond acceptors (Lipinski definition) is 4. The third-order valence-corrected chi connectivity index (χ3v) is 3.16. The number of carboxylic acids is 1. The van der Waals surface area contributed by atoms with Crippen molar-refractivity contribution in [2.75, 3.05) is 13.1 Å². The first-order valence-corrected chi connectivity index (χ1v) is 7.48. The highest BCUT2D eigenvalue weighted by Gasteiger charge is 2.07. The second-order valence-corrected chi connectivity index (χ2v) is 5.08. The lowest BCUT2D eigenvalue weighted by Gasteiger charge is -2.05. The summed E-state index contributed by atoms with van der Waals surface area (Å²) in [5, 5.41) is 13.7. The van der Waals surface area contributed by atoms with Crippen LogP contribution in [0.2, 0.25) is 0 Å². The molecule has 0 unspecified atom stereocenters. The van der Waals surface area contributed by atoms with Crippen LogP contribution in [0.25, 0.3) is 11.5 Å². The Morgan fingerprint density at radius 2 is 1.88 bits per heavy atom. The van der Waals surface area contributed by atoms with Gasteiger partial charge in [0.15, 0.2) is 0 Å². The van der Waals surface area contributed by atoms with Gasteiger partial charge in [-0.15, -0.1) is 0 Å². The molecule has 8 heteroatoms. The number of nitrogens with zero attached hydrogens (tertiary/aromatic N) is 1. The van der Waals surface area contributed by atoms with Crippen molar-refractivity contribution in [3.8, 4) is 11.5 Å². The van der Waals surface area contributed by atoms with E-state index in [9.17, 15) is 14.0 Å². The highest BCUT2D eigenvalue weighted by Crippen LogP contribution is 2.18. The molecule has 0 saturated carbocycles. The minimum Gasteiger partial charge on any atom is -0.481 e. The summed E-state index contributed by atoms with van der Waals surface area (Å²) >= 11 is 0. The Hall–Kier alpha value is -2.90. The zero-order valence-electron chi connectivity index (χ0n) is 12.9. The number of benzene rings is 1. The van der Waals surface area contributed by atoms with Crippen LogP contribution in [-0.2, 0) is 11.2 Å². The molecule has 2 aromatic rings. The molecule has 0 atom stereocenters. The molecule has 2 amide bonds. The number of oxazole rings is 1. The monoisotopic (exact) mass is 335 g/mol. The Morgan fingerprint density at radius 3 is 2.58 bits per heavy atom. The van der Waals surface area contributed by atoms with Gasteiger partial charge in [0.2, 0.25) is 5.89 Å². The van der Waals surface area contributed by atoms with E-state index in [1.165, 1.54) is 18.4 Å². The number of carboxylic acid groups (broad SMARTS) is 1. The minimum absolute atomic E-state index is 0.0192. The zero-order valence-corrected chi connectivity index (χ0v) is 12.9. The maximum Gasteiger partial charge on any atom is 0.314 e. The van der Waals surface area contributed by atoms with E-state index in [4.69, 9.17) is 9.52 Å². The molecule has 0 aliphatic carbocycles. The number of rotatable bonds is 8. The van der Waals surface area contributed by atoms with Gasteiger partial charge in [-0.05, 0) is 30.7 Å². The van der Waals surface area contributed by atoms with Gasteiger partial charge in [0.05, 0.1) is 5.69 Å². The Labute approximate surface area is 137 Å². The van der Waals surface area contributed by atoms with Gasteiger partial charge >= 0.3 is 12.0 Å². The van der Waals surface area contributed by atoms with Gasteiger partial charge in [-0.3, -0.25) is 4.79 Å². The molecule has 24 heavy (non-hydrogen) atoms. The number of halogens is 1. The SMILES string of the molecule is O=C(O)CCCNC(=O)NCCc1coc(-c2ccc(F)cc2)n1. The molecule has 3 N–H and O–H groups in total. The van der Waals surface area contributed by atoms with Gasteiger partial charge in [0.1, 0.15) is 12.1 Å². The first kappa shape index (κ1) is 17.5. The number of carbonyl (C=O) groups excluding carboxylic acids is 1. The highest BCUT2D eigenvalue weighted by atomic mass is 19.1. The summed E-state index contributed by atoms with van der Waals surface area (Å²) in [4.78, 5) is 26.1. The normalized spacial score (nSPS) is 10.4. The summed E-state index contributed by atoms with van der Waals surface area (Å²) in [7, 11) is 0. The third-order valence-electron chi connectivity index (χ3n) is 3.16. The molecule has 128 valence electrons. The van der Waals surface area contributed by atoms with E-state index in [1.807, 2.05) is 0 Å². The summed E-state index contributed by atoms with van der Waals surface area (Å²) in [5.74, 6) is -0.826. The topological polar surface area (TPSA) is 104 Å². The lowest BCUT2D eigenvalue weighted by Crippen LogP contribution is -2.37. The number of urea groups is 1. The number of nitrogens with one attached hydrogen (secondary N) is 2. The fourth-order valence-corrected chi connectivity index (χ4v) is 1.95. The van der Waals surface area contributed by atoms with Crippen molar-refractivity contribution in [2.45, 2.75) is 19.3 Å². The van der Waals surface area contributed by atoms with Crippen LogP contribution in [0.15, 0.2) is 34.9 Å². The van der Waals surface area contributed by atoms with Crippen molar-refractivity contribution >= 4 is 12.0 Å². The molecular formula is C16H18FN3O4. The summed E-state index contributed by atoms with van der Waals surface area (Å²) in [6.07, 6.45) is 2.37. The Morgan fingerprint density at radius 1 is 1.17 bits per heavy atom. The fraction of sp³-hybridized carbons (Fsp3) is 0.312. The Bertz CT molecular complexity index is 685. The van der Waals surface area contributed by atoms with Crippen LogP contribution >= 0.6 is 0 Å². The number of carbonyl (C=O) groups is 2. The maximum atomic E-state index is 12.9. The van der Waals surface area contributed by atoms with Crippen molar-refractivity contribution in [3.63, 3.8) is 0 Å². The number of aliphatic carboxylic acids is 1. The second kappa shape index (κ2) is 8.66. The number of aromatic nitrogens is 1. The van der Waals surface area contributed by atoms with Crippen molar-refractivity contribution in [1.29, 1.82) is 0 Å². The van der Waals surface area contributed by atoms with Crippen molar-refractivity contribution in [1.82, 2.24) is 15.6 Å². The van der Waals surface area contributed by atoms with Gasteiger partial charge in [-0.25, -0.2) is 14.2 Å². The number of amides is 2. The molecule has 0 bridgehead atoms. The minimum atomic E-state index is -0.889. The zero-order chi connectivity index (χ0) is 17.4. The number of hydrogen-bond donors (Lipinski definition) is 3. The van der Waals surface area contributed by atoms with Gasteiger partial charge in [0.25, 0.3) is 0 Å². The first-order chi connectivity index (χ1) is 11.5. The van der Waals surface area contributed by atoms with E-state index >= 15 is 0 Å². The predicted octanol–water partition coefficient (Wildman–Crippen LogP) is 2.19. The molecule has 0 saturated heterocycles. The molecule has 0 radical (unpaired) electrons. The summed E-state index contributed by atoms with van der Waals surface area (Å²) < 4.78 is 18.2. The van der Waals surface area contributed by atoms with E-state index < -0.39 is 5.97 Å². The quantitative estimate of drug-likeness (QED) is 0.642. The molecular weight excluding hydrogens is 317 g/mol. The molecule has 7 nitrogen and oxygen atoms in total. The molecule has 0 fully saturated rings. The van der Waals surface area contributed by atoms with E-state index in [1.54, 1.807) is 12.1 Å². The largest absolute Gasteiger partial charge is 0.481 e. The van der Waals surface area contributed by atoms with Crippen LogP contribution in [0.1, 0.15) is 18.5 Å². The van der Waals surface area contributed by atoms with Gasteiger partial charge in [-0.1, -0.05) is 0 Å². The smallest absolute Gasteiger partial charge is 0.314 e. The molecule has 1 aromatic heterocycles. The molecule has 1 heterocycles. The molecule has 2 rings (SSSR count). The van der Waals surface area contributed by atoms with Crippen LogP contribution in [-0.4, -0.2) is 35.2 Å². The standard InChI is InChI=1S/C16H18FN3O4/c17-12-5-3-11(4-6-12)15-20-13(10-24-15)7-9-19-16(23)18-8-1-2-14(21)22/h3-6,10H,1-2,7-9H2,(H,21,22)(H2,18,19,23). The first-order valence-electron chi connectivity index (χ1n) is 7.48. The van der Waals surface area contributed by atoms with Crippen LogP contribution in [0.3, 0.4) is 0 Å². The average Bonchev–Trinajstić information content (AvgIpc) is 3.01. The predicted molar refractivity (Wildman–Crippen MR) is 83.9 cm³/mol. The van der Waals surface area contributed by atoms with Gasteiger partial charge < -0.3 is 20.2 Å². The van der Waals surface area contributed by atoms with Crippen molar-refractivity contribution in [3.05, 3.63) is 42.0 Å². The van der Waals surface area contributed by atoms with Gasteiger partial charge in [-0.2, -0.15) is 0 Å². The second-order valence-electron chi connectivity index (χ2n) is 5.08. The van der Waals surface area contributed by atoms with Crippen LogP contribution < -0.4 is 10.6 Å². The third kappa shape index (κ3) is 5.71. The van der Waals surface area contributed by atoms with E-state index in [0.717, 1.165) is 0 Å².